The van der Waals surface area contributed by atoms with E-state index in [2.05, 4.69) is 15.9 Å². The van der Waals surface area contributed by atoms with E-state index in [4.69, 9.17) is 4.74 Å². The fraction of sp³-hybridized carbons (Fsp3) is 0.462. The Bertz CT molecular complexity index is 477. The van der Waals surface area contributed by atoms with Gasteiger partial charge < -0.3 is 9.84 Å². The van der Waals surface area contributed by atoms with Gasteiger partial charge in [-0.15, -0.1) is 0 Å². The van der Waals surface area contributed by atoms with E-state index < -0.39 is 17.5 Å². The normalized spacial score (nSPS) is 27.4. The molecular formula is C13H14BrFO3. The molecule has 0 amide bonds. The summed E-state index contributed by atoms with van der Waals surface area (Å²) in [5.74, 6) is -1.31. The van der Waals surface area contributed by atoms with Crippen molar-refractivity contribution in [3.63, 3.8) is 0 Å². The second-order valence-electron chi connectivity index (χ2n) is 4.64. The molecule has 0 saturated carbocycles. The van der Waals surface area contributed by atoms with Crippen molar-refractivity contribution in [1.82, 2.24) is 0 Å². The molecule has 98 valence electrons. The van der Waals surface area contributed by atoms with Crippen molar-refractivity contribution >= 4 is 21.9 Å². The van der Waals surface area contributed by atoms with Gasteiger partial charge in [0, 0.05) is 11.1 Å². The molecule has 2 unspecified atom stereocenters. The fourth-order valence-electron chi connectivity index (χ4n) is 2.37. The number of rotatable bonds is 3. The SMILES string of the molecule is CC1OCCC1(Cc1ccc(Br)cc1F)C(=O)O. The number of halogens is 2. The van der Waals surface area contributed by atoms with Crippen molar-refractivity contribution in [2.45, 2.75) is 25.9 Å². The molecule has 0 bridgehead atoms. The van der Waals surface area contributed by atoms with E-state index in [1.54, 1.807) is 19.1 Å². The molecule has 0 aromatic heterocycles. The fourth-order valence-corrected chi connectivity index (χ4v) is 2.71. The Morgan fingerprint density at radius 3 is 2.89 bits per heavy atom. The van der Waals surface area contributed by atoms with Crippen molar-refractivity contribution < 1.29 is 19.0 Å². The first-order chi connectivity index (χ1) is 8.45. The van der Waals surface area contributed by atoms with Gasteiger partial charge in [0.25, 0.3) is 0 Å². The molecule has 3 nitrogen and oxygen atoms in total. The first-order valence-corrected chi connectivity index (χ1v) is 6.54. The topological polar surface area (TPSA) is 46.5 Å². The molecule has 1 aromatic carbocycles. The van der Waals surface area contributed by atoms with E-state index in [9.17, 15) is 14.3 Å². The highest BCUT2D eigenvalue weighted by molar-refractivity contribution is 9.10. The number of aliphatic carboxylic acids is 1. The first-order valence-electron chi connectivity index (χ1n) is 5.74. The number of ether oxygens (including phenoxy) is 1. The van der Waals surface area contributed by atoms with E-state index in [1.165, 1.54) is 6.07 Å². The minimum absolute atomic E-state index is 0.155. The second-order valence-corrected chi connectivity index (χ2v) is 5.55. The second kappa shape index (κ2) is 4.97. The van der Waals surface area contributed by atoms with E-state index in [-0.39, 0.29) is 12.2 Å². The molecule has 1 aliphatic heterocycles. The Labute approximate surface area is 113 Å². The Morgan fingerprint density at radius 1 is 1.67 bits per heavy atom. The van der Waals surface area contributed by atoms with Gasteiger partial charge in [-0.25, -0.2) is 4.39 Å². The third-order valence-electron chi connectivity index (χ3n) is 3.64. The van der Waals surface area contributed by atoms with Crippen LogP contribution in [0, 0.1) is 11.2 Å². The largest absolute Gasteiger partial charge is 0.481 e. The van der Waals surface area contributed by atoms with Gasteiger partial charge in [0.2, 0.25) is 0 Å². The summed E-state index contributed by atoms with van der Waals surface area (Å²) in [5.41, 5.74) is -0.604. The lowest BCUT2D eigenvalue weighted by molar-refractivity contribution is -0.151. The summed E-state index contributed by atoms with van der Waals surface area (Å²) in [6, 6.07) is 4.69. The molecular weight excluding hydrogens is 303 g/mol. The predicted octanol–water partition coefficient (Wildman–Crippen LogP) is 3.01. The number of carboxylic acid groups (broad SMARTS) is 1. The number of benzene rings is 1. The first kappa shape index (κ1) is 13.5. The molecule has 2 atom stereocenters. The van der Waals surface area contributed by atoms with Gasteiger partial charge in [-0.2, -0.15) is 0 Å². The molecule has 5 heteroatoms. The molecule has 0 spiro atoms. The smallest absolute Gasteiger partial charge is 0.312 e. The lowest BCUT2D eigenvalue weighted by atomic mass is 9.76. The van der Waals surface area contributed by atoms with Gasteiger partial charge in [0.15, 0.2) is 0 Å². The molecule has 1 fully saturated rings. The van der Waals surface area contributed by atoms with Crippen LogP contribution < -0.4 is 0 Å². The zero-order chi connectivity index (χ0) is 13.3. The van der Waals surface area contributed by atoms with Gasteiger partial charge in [-0.1, -0.05) is 22.0 Å². The summed E-state index contributed by atoms with van der Waals surface area (Å²) in [6.45, 7) is 2.14. The van der Waals surface area contributed by atoms with Crippen molar-refractivity contribution in [3.8, 4) is 0 Å². The van der Waals surface area contributed by atoms with Gasteiger partial charge in [0.1, 0.15) is 5.82 Å². The molecule has 1 heterocycles. The number of carbonyl (C=O) groups is 1. The molecule has 1 N–H and O–H groups in total. The molecule has 18 heavy (non-hydrogen) atoms. The van der Waals surface area contributed by atoms with Crippen LogP contribution in [0.5, 0.6) is 0 Å². The molecule has 1 aromatic rings. The third kappa shape index (κ3) is 2.29. The standard InChI is InChI=1S/C13H14BrFO3/c1-8-13(12(16)17,4-5-18-8)7-9-2-3-10(14)6-11(9)15/h2-3,6,8H,4-5,7H2,1H3,(H,16,17). The van der Waals surface area contributed by atoms with E-state index >= 15 is 0 Å². The van der Waals surface area contributed by atoms with Gasteiger partial charge in [-0.05, 0) is 37.5 Å². The molecule has 2 rings (SSSR count). The lowest BCUT2D eigenvalue weighted by Crippen LogP contribution is -2.39. The van der Waals surface area contributed by atoms with Gasteiger partial charge in [0.05, 0.1) is 11.5 Å². The summed E-state index contributed by atoms with van der Waals surface area (Å²) in [7, 11) is 0. The van der Waals surface area contributed by atoms with Crippen LogP contribution in [0.15, 0.2) is 22.7 Å². The van der Waals surface area contributed by atoms with Crippen LogP contribution in [0.4, 0.5) is 4.39 Å². The van der Waals surface area contributed by atoms with Crippen LogP contribution in [0.25, 0.3) is 0 Å². The lowest BCUT2D eigenvalue weighted by Gasteiger charge is -2.27. The number of hydrogen-bond donors (Lipinski definition) is 1. The van der Waals surface area contributed by atoms with Crippen LogP contribution in [0.1, 0.15) is 18.9 Å². The Kier molecular flexibility index (Phi) is 3.73. The highest BCUT2D eigenvalue weighted by Gasteiger charge is 2.48. The Hall–Kier alpha value is -0.940. The molecule has 0 aliphatic carbocycles. The monoisotopic (exact) mass is 316 g/mol. The molecule has 1 aliphatic rings. The minimum atomic E-state index is -1.02. The van der Waals surface area contributed by atoms with Crippen molar-refractivity contribution in [2.75, 3.05) is 6.61 Å². The summed E-state index contributed by atoms with van der Waals surface area (Å²) in [6.07, 6.45) is 0.166. The Morgan fingerprint density at radius 2 is 2.39 bits per heavy atom. The van der Waals surface area contributed by atoms with Crippen LogP contribution in [0.2, 0.25) is 0 Å². The predicted molar refractivity (Wildman–Crippen MR) is 67.9 cm³/mol. The van der Waals surface area contributed by atoms with Crippen LogP contribution in [-0.2, 0) is 16.0 Å². The summed E-state index contributed by atoms with van der Waals surface area (Å²) in [4.78, 5) is 11.5. The summed E-state index contributed by atoms with van der Waals surface area (Å²) in [5, 5.41) is 9.43. The maximum atomic E-state index is 13.8. The van der Waals surface area contributed by atoms with Gasteiger partial charge >= 0.3 is 5.97 Å². The van der Waals surface area contributed by atoms with Crippen LogP contribution in [0.3, 0.4) is 0 Å². The highest BCUT2D eigenvalue weighted by atomic mass is 79.9. The van der Waals surface area contributed by atoms with Crippen molar-refractivity contribution in [3.05, 3.63) is 34.1 Å². The van der Waals surface area contributed by atoms with Gasteiger partial charge in [-0.3, -0.25) is 4.79 Å². The number of carboxylic acids is 1. The molecule has 0 radical (unpaired) electrons. The average molecular weight is 317 g/mol. The highest BCUT2D eigenvalue weighted by Crippen LogP contribution is 2.39. The maximum Gasteiger partial charge on any atom is 0.312 e. The van der Waals surface area contributed by atoms with Crippen LogP contribution >= 0.6 is 15.9 Å². The minimum Gasteiger partial charge on any atom is -0.481 e. The summed E-state index contributed by atoms with van der Waals surface area (Å²) >= 11 is 3.18. The Balaban J connectivity index is 2.32. The third-order valence-corrected chi connectivity index (χ3v) is 4.13. The maximum absolute atomic E-state index is 13.8. The average Bonchev–Trinajstić information content (AvgIpc) is 2.65. The number of hydrogen-bond acceptors (Lipinski definition) is 2. The van der Waals surface area contributed by atoms with E-state index in [0.29, 0.717) is 23.1 Å². The van der Waals surface area contributed by atoms with Crippen molar-refractivity contribution in [2.24, 2.45) is 5.41 Å². The quantitative estimate of drug-likeness (QED) is 0.932. The van der Waals surface area contributed by atoms with E-state index in [0.717, 1.165) is 0 Å². The summed E-state index contributed by atoms with van der Waals surface area (Å²) < 4.78 is 19.8. The van der Waals surface area contributed by atoms with Crippen molar-refractivity contribution in [1.29, 1.82) is 0 Å². The zero-order valence-electron chi connectivity index (χ0n) is 9.95. The molecule has 1 saturated heterocycles. The zero-order valence-corrected chi connectivity index (χ0v) is 11.5. The van der Waals surface area contributed by atoms with E-state index in [1.807, 2.05) is 0 Å². The van der Waals surface area contributed by atoms with Crippen LogP contribution in [-0.4, -0.2) is 23.8 Å².